The molecule has 8 heteroatoms. The monoisotopic (exact) mass is 458 g/mol. The Morgan fingerprint density at radius 3 is 2.82 bits per heavy atom. The van der Waals surface area contributed by atoms with Crippen molar-refractivity contribution in [3.63, 3.8) is 0 Å². The van der Waals surface area contributed by atoms with Crippen LogP contribution in [0.15, 0.2) is 40.9 Å². The topological polar surface area (TPSA) is 127 Å². The average Bonchev–Trinajstić information content (AvgIpc) is 3.59. The third kappa shape index (κ3) is 3.79. The lowest BCUT2D eigenvalue weighted by atomic mass is 10.0. The van der Waals surface area contributed by atoms with Crippen LogP contribution in [-0.2, 0) is 11.2 Å². The van der Waals surface area contributed by atoms with E-state index in [1.54, 1.807) is 0 Å². The summed E-state index contributed by atoms with van der Waals surface area (Å²) in [6.07, 6.45) is 6.62. The molecule has 0 saturated heterocycles. The number of anilines is 1. The molecule has 2 aliphatic carbocycles. The van der Waals surface area contributed by atoms with Gasteiger partial charge in [-0.25, -0.2) is 0 Å². The number of aromatic nitrogens is 3. The third-order valence-electron chi connectivity index (χ3n) is 6.98. The van der Waals surface area contributed by atoms with Crippen molar-refractivity contribution < 1.29 is 19.2 Å². The second-order valence-corrected chi connectivity index (χ2v) is 9.35. The Kier molecular flexibility index (Phi) is 5.01. The van der Waals surface area contributed by atoms with Crippen LogP contribution in [0.1, 0.15) is 55.7 Å². The minimum atomic E-state index is -0.769. The van der Waals surface area contributed by atoms with Crippen LogP contribution in [-0.4, -0.2) is 32.3 Å². The van der Waals surface area contributed by atoms with E-state index in [-0.39, 0.29) is 18.4 Å². The number of hydrogen-bond donors (Lipinski definition) is 3. The van der Waals surface area contributed by atoms with Crippen LogP contribution in [0.2, 0.25) is 0 Å². The highest BCUT2D eigenvalue weighted by Crippen LogP contribution is 2.40. The summed E-state index contributed by atoms with van der Waals surface area (Å²) < 4.78 is 11.7. The number of hydrogen-bond acceptors (Lipinski definition) is 6. The van der Waals surface area contributed by atoms with E-state index in [2.05, 4.69) is 21.2 Å². The SMILES string of the molecule is Nc1cc(OC2CCCC2)cc(-c2nc(-c3ccc4[nH]c5c(c4c3)CCC5CC(=O)O)no2)c1. The largest absolute Gasteiger partial charge is 0.490 e. The number of benzene rings is 2. The van der Waals surface area contributed by atoms with Gasteiger partial charge in [-0.3, -0.25) is 4.79 Å². The number of carbonyl (C=O) groups is 1. The van der Waals surface area contributed by atoms with Gasteiger partial charge in [-0.15, -0.1) is 0 Å². The van der Waals surface area contributed by atoms with E-state index in [4.69, 9.17) is 15.0 Å². The molecule has 0 aliphatic heterocycles. The number of nitrogens with zero attached hydrogens (tertiary/aromatic N) is 2. The van der Waals surface area contributed by atoms with Crippen LogP contribution in [0, 0.1) is 0 Å². The van der Waals surface area contributed by atoms with Crippen molar-refractivity contribution in [3.8, 4) is 28.6 Å². The summed E-state index contributed by atoms with van der Waals surface area (Å²) in [6, 6.07) is 11.5. The van der Waals surface area contributed by atoms with E-state index in [9.17, 15) is 9.90 Å². The highest BCUT2D eigenvalue weighted by molar-refractivity contribution is 5.89. The highest BCUT2D eigenvalue weighted by Gasteiger charge is 2.28. The van der Waals surface area contributed by atoms with E-state index >= 15 is 0 Å². The number of ether oxygens (including phenoxy) is 1. The predicted octanol–water partition coefficient (Wildman–Crippen LogP) is 5.29. The van der Waals surface area contributed by atoms with Crippen molar-refractivity contribution >= 4 is 22.6 Å². The first-order valence-corrected chi connectivity index (χ1v) is 11.8. The molecular formula is C26H26N4O4. The molecule has 0 radical (unpaired) electrons. The van der Waals surface area contributed by atoms with Crippen LogP contribution >= 0.6 is 0 Å². The highest BCUT2D eigenvalue weighted by atomic mass is 16.5. The molecule has 174 valence electrons. The van der Waals surface area contributed by atoms with E-state index < -0.39 is 5.97 Å². The van der Waals surface area contributed by atoms with Crippen molar-refractivity contribution in [2.45, 2.75) is 57.0 Å². The van der Waals surface area contributed by atoms with E-state index in [1.165, 1.54) is 18.4 Å². The lowest BCUT2D eigenvalue weighted by Crippen LogP contribution is -2.11. The Balaban J connectivity index is 1.29. The smallest absolute Gasteiger partial charge is 0.304 e. The molecule has 0 amide bonds. The quantitative estimate of drug-likeness (QED) is 0.335. The normalized spacial score (nSPS) is 17.9. The Bertz CT molecular complexity index is 1380. The summed E-state index contributed by atoms with van der Waals surface area (Å²) in [5.74, 6) is 0.869. The van der Waals surface area contributed by atoms with Gasteiger partial charge >= 0.3 is 5.97 Å². The Morgan fingerprint density at radius 2 is 2.00 bits per heavy atom. The molecule has 2 aliphatic rings. The Morgan fingerprint density at radius 1 is 1.15 bits per heavy atom. The average molecular weight is 459 g/mol. The molecule has 8 nitrogen and oxygen atoms in total. The summed E-state index contributed by atoms with van der Waals surface area (Å²) in [6.45, 7) is 0. The first kappa shape index (κ1) is 20.8. The van der Waals surface area contributed by atoms with Gasteiger partial charge in [0, 0.05) is 45.4 Å². The van der Waals surface area contributed by atoms with Gasteiger partial charge in [-0.2, -0.15) is 4.98 Å². The van der Waals surface area contributed by atoms with Crippen LogP contribution in [0.25, 0.3) is 33.7 Å². The predicted molar refractivity (Wildman–Crippen MR) is 128 cm³/mol. The molecule has 0 bridgehead atoms. The fraction of sp³-hybridized carbons (Fsp3) is 0.346. The van der Waals surface area contributed by atoms with Gasteiger partial charge in [0.15, 0.2) is 0 Å². The number of fused-ring (bicyclic) bond motifs is 3. The van der Waals surface area contributed by atoms with Gasteiger partial charge < -0.3 is 25.1 Å². The fourth-order valence-corrected chi connectivity index (χ4v) is 5.37. The molecular weight excluding hydrogens is 432 g/mol. The Labute approximate surface area is 196 Å². The molecule has 1 saturated carbocycles. The first-order chi connectivity index (χ1) is 16.5. The van der Waals surface area contributed by atoms with Crippen LogP contribution in [0.3, 0.4) is 0 Å². The number of aryl methyl sites for hydroxylation is 1. The molecule has 2 aromatic heterocycles. The van der Waals surface area contributed by atoms with Gasteiger partial charge in [0.05, 0.1) is 12.5 Å². The number of aromatic amines is 1. The number of aliphatic carboxylic acids is 1. The number of nitrogen functional groups attached to an aromatic ring is 1. The zero-order valence-corrected chi connectivity index (χ0v) is 18.7. The summed E-state index contributed by atoms with van der Waals surface area (Å²) in [4.78, 5) is 19.3. The summed E-state index contributed by atoms with van der Waals surface area (Å²) in [5, 5.41) is 14.5. The third-order valence-corrected chi connectivity index (χ3v) is 6.98. The van der Waals surface area contributed by atoms with Crippen molar-refractivity contribution in [2.75, 3.05) is 5.73 Å². The number of carboxylic acids is 1. The molecule has 0 spiro atoms. The van der Waals surface area contributed by atoms with E-state index in [0.29, 0.717) is 17.4 Å². The molecule has 1 fully saturated rings. The van der Waals surface area contributed by atoms with Crippen molar-refractivity contribution in [1.29, 1.82) is 0 Å². The minimum absolute atomic E-state index is 0.0318. The maximum Gasteiger partial charge on any atom is 0.304 e. The number of nitrogens with two attached hydrogens (primary N) is 1. The van der Waals surface area contributed by atoms with Gasteiger partial charge in [0.2, 0.25) is 5.82 Å². The maximum atomic E-state index is 11.2. The van der Waals surface area contributed by atoms with Crippen LogP contribution in [0.4, 0.5) is 5.69 Å². The molecule has 4 N–H and O–H groups in total. The van der Waals surface area contributed by atoms with E-state index in [1.807, 2.05) is 30.3 Å². The van der Waals surface area contributed by atoms with Crippen molar-refractivity contribution in [2.24, 2.45) is 0 Å². The molecule has 2 aromatic carbocycles. The minimum Gasteiger partial charge on any atom is -0.490 e. The molecule has 2 heterocycles. The van der Waals surface area contributed by atoms with Crippen LogP contribution in [0.5, 0.6) is 5.75 Å². The van der Waals surface area contributed by atoms with E-state index in [0.717, 1.165) is 59.2 Å². The van der Waals surface area contributed by atoms with Gasteiger partial charge in [0.1, 0.15) is 5.75 Å². The molecule has 34 heavy (non-hydrogen) atoms. The lowest BCUT2D eigenvalue weighted by molar-refractivity contribution is -0.137. The second kappa shape index (κ2) is 8.20. The van der Waals surface area contributed by atoms with Crippen molar-refractivity contribution in [1.82, 2.24) is 15.1 Å². The summed E-state index contributed by atoms with van der Waals surface area (Å²) >= 11 is 0. The number of H-pyrrole nitrogens is 1. The number of rotatable bonds is 6. The molecule has 6 rings (SSSR count). The zero-order chi connectivity index (χ0) is 23.2. The summed E-state index contributed by atoms with van der Waals surface area (Å²) in [5.41, 5.74) is 11.5. The fourth-order valence-electron chi connectivity index (χ4n) is 5.37. The molecule has 1 atom stereocenters. The van der Waals surface area contributed by atoms with Gasteiger partial charge in [0.25, 0.3) is 5.89 Å². The summed E-state index contributed by atoms with van der Waals surface area (Å²) in [7, 11) is 0. The lowest BCUT2D eigenvalue weighted by Gasteiger charge is -2.14. The van der Waals surface area contributed by atoms with Gasteiger partial charge in [-0.1, -0.05) is 5.16 Å². The van der Waals surface area contributed by atoms with Crippen LogP contribution < -0.4 is 10.5 Å². The first-order valence-electron chi connectivity index (χ1n) is 11.8. The maximum absolute atomic E-state index is 11.2. The zero-order valence-electron chi connectivity index (χ0n) is 18.7. The standard InChI is InChI=1S/C26H26N4O4/c27-17-9-16(10-19(13-17)33-18-3-1-2-4-18)26-29-25(30-34-26)15-6-8-22-21(11-15)20-7-5-14(12-23(31)32)24(20)28-22/h6,8-11,13-14,18,28H,1-5,7,12,27H2,(H,31,32). The van der Waals surface area contributed by atoms with Crippen molar-refractivity contribution in [3.05, 3.63) is 47.7 Å². The molecule has 1 unspecified atom stereocenters. The second-order valence-electron chi connectivity index (χ2n) is 9.35. The number of nitrogens with one attached hydrogen (secondary N) is 1. The Hall–Kier alpha value is -3.81. The molecule has 4 aromatic rings. The number of carboxylic acid groups (broad SMARTS) is 1. The van der Waals surface area contributed by atoms with Gasteiger partial charge in [-0.05, 0) is 74.4 Å².